The summed E-state index contributed by atoms with van der Waals surface area (Å²) in [6.07, 6.45) is -1.03. The lowest BCUT2D eigenvalue weighted by atomic mass is 10.1. The van der Waals surface area contributed by atoms with Crippen LogP contribution in [-0.4, -0.2) is 34.7 Å². The molecule has 0 aliphatic carbocycles. The summed E-state index contributed by atoms with van der Waals surface area (Å²) >= 11 is 12.0. The van der Waals surface area contributed by atoms with Crippen LogP contribution in [0.5, 0.6) is 0 Å². The summed E-state index contributed by atoms with van der Waals surface area (Å²) in [6.45, 7) is 0. The van der Waals surface area contributed by atoms with E-state index < -0.39 is 23.9 Å². The first-order valence-electron chi connectivity index (χ1n) is 7.83. The smallest absolute Gasteiger partial charge is 0.376 e. The highest BCUT2D eigenvalue weighted by Crippen LogP contribution is 2.27. The lowest BCUT2D eigenvalue weighted by Gasteiger charge is -2.14. The Bertz CT molecular complexity index is 986. The number of rotatable bonds is 3. The molecule has 9 heteroatoms. The van der Waals surface area contributed by atoms with E-state index in [1.54, 1.807) is 30.3 Å². The van der Waals surface area contributed by atoms with Crippen LogP contribution in [-0.2, 0) is 14.5 Å². The Labute approximate surface area is 163 Å². The number of hydrogen-bond donors (Lipinski definition) is 0. The zero-order chi connectivity index (χ0) is 19.1. The fourth-order valence-corrected chi connectivity index (χ4v) is 3.30. The van der Waals surface area contributed by atoms with Crippen molar-refractivity contribution >= 4 is 46.7 Å². The van der Waals surface area contributed by atoms with Gasteiger partial charge in [0.15, 0.2) is 0 Å². The number of nitrogens with zero attached hydrogens (tertiary/aromatic N) is 2. The maximum absolute atomic E-state index is 12.3. The number of oxime groups is 1. The largest absolute Gasteiger partial charge is 0.380 e. The summed E-state index contributed by atoms with van der Waals surface area (Å²) in [7, 11) is 0. The number of halogens is 2. The van der Waals surface area contributed by atoms with E-state index in [0.29, 0.717) is 26.4 Å². The second-order valence-corrected chi connectivity index (χ2v) is 6.66. The van der Waals surface area contributed by atoms with Crippen LogP contribution >= 0.6 is 23.2 Å². The van der Waals surface area contributed by atoms with Crippen molar-refractivity contribution in [1.82, 2.24) is 5.06 Å². The number of carbonyl (C=O) groups excluding carboxylic acids is 3. The fraction of sp³-hybridized carbons (Fsp3) is 0.111. The summed E-state index contributed by atoms with van der Waals surface area (Å²) in [5, 5.41) is 5.11. The van der Waals surface area contributed by atoms with Crippen molar-refractivity contribution in [3.63, 3.8) is 0 Å². The average molecular weight is 405 g/mol. The number of imide groups is 1. The molecule has 0 fully saturated rings. The third-order valence-corrected chi connectivity index (χ3v) is 4.66. The topological polar surface area (TPSA) is 85.3 Å². The minimum absolute atomic E-state index is 0.0728. The van der Waals surface area contributed by atoms with E-state index in [-0.39, 0.29) is 17.5 Å². The standard InChI is InChI=1S/C18H10Cl2N2O5/c19-9-5-6-12(13(20)7-9)14-8-15(26-21-14)18(25)27-22-16(23)10-3-1-2-4-11(10)17(22)24/h1-7,15H,8H2. The number of hydroxylamine groups is 2. The maximum atomic E-state index is 12.3. The Kier molecular flexibility index (Phi) is 4.33. The number of benzene rings is 2. The third-order valence-electron chi connectivity index (χ3n) is 4.11. The minimum atomic E-state index is -1.10. The molecule has 2 amide bonds. The van der Waals surface area contributed by atoms with Crippen molar-refractivity contribution in [1.29, 1.82) is 0 Å². The molecule has 0 aromatic heterocycles. The van der Waals surface area contributed by atoms with Gasteiger partial charge in [0.05, 0.1) is 21.9 Å². The highest BCUT2D eigenvalue weighted by Gasteiger charge is 2.41. The van der Waals surface area contributed by atoms with Gasteiger partial charge in [0.1, 0.15) is 0 Å². The van der Waals surface area contributed by atoms with Crippen LogP contribution in [0.2, 0.25) is 10.0 Å². The molecule has 0 radical (unpaired) electrons. The van der Waals surface area contributed by atoms with E-state index in [1.807, 2.05) is 0 Å². The molecular formula is C18H10Cl2N2O5. The summed E-state index contributed by atoms with van der Waals surface area (Å²) in [5.74, 6) is -2.32. The molecular weight excluding hydrogens is 395 g/mol. The molecule has 1 atom stereocenters. The predicted molar refractivity (Wildman–Crippen MR) is 95.5 cm³/mol. The minimum Gasteiger partial charge on any atom is -0.380 e. The quantitative estimate of drug-likeness (QED) is 0.732. The van der Waals surface area contributed by atoms with Gasteiger partial charge in [-0.25, -0.2) is 4.79 Å². The van der Waals surface area contributed by atoms with E-state index >= 15 is 0 Å². The van der Waals surface area contributed by atoms with Gasteiger partial charge < -0.3 is 9.68 Å². The van der Waals surface area contributed by atoms with Gasteiger partial charge in [0, 0.05) is 17.0 Å². The van der Waals surface area contributed by atoms with E-state index in [1.165, 1.54) is 12.1 Å². The zero-order valence-electron chi connectivity index (χ0n) is 13.5. The van der Waals surface area contributed by atoms with Gasteiger partial charge in [-0.1, -0.05) is 51.6 Å². The molecule has 0 bridgehead atoms. The van der Waals surface area contributed by atoms with Gasteiger partial charge in [-0.05, 0) is 24.3 Å². The van der Waals surface area contributed by atoms with Crippen molar-refractivity contribution in [2.24, 2.45) is 5.16 Å². The highest BCUT2D eigenvalue weighted by molar-refractivity contribution is 6.37. The van der Waals surface area contributed by atoms with Gasteiger partial charge >= 0.3 is 5.97 Å². The van der Waals surface area contributed by atoms with Gasteiger partial charge in [-0.15, -0.1) is 0 Å². The van der Waals surface area contributed by atoms with Crippen molar-refractivity contribution < 1.29 is 24.1 Å². The van der Waals surface area contributed by atoms with E-state index in [0.717, 1.165) is 0 Å². The first-order valence-corrected chi connectivity index (χ1v) is 8.59. The first kappa shape index (κ1) is 17.5. The van der Waals surface area contributed by atoms with Crippen LogP contribution in [0.3, 0.4) is 0 Å². The Balaban J connectivity index is 1.45. The molecule has 7 nitrogen and oxygen atoms in total. The second kappa shape index (κ2) is 6.68. The number of fused-ring (bicyclic) bond motifs is 1. The Morgan fingerprint density at radius 3 is 2.37 bits per heavy atom. The molecule has 136 valence electrons. The molecule has 2 aromatic carbocycles. The average Bonchev–Trinajstić information content (AvgIpc) is 3.22. The zero-order valence-corrected chi connectivity index (χ0v) is 15.0. The van der Waals surface area contributed by atoms with Crippen LogP contribution in [0.1, 0.15) is 32.7 Å². The van der Waals surface area contributed by atoms with Crippen LogP contribution in [0.25, 0.3) is 0 Å². The Morgan fingerprint density at radius 2 is 1.74 bits per heavy atom. The molecule has 2 aromatic rings. The van der Waals surface area contributed by atoms with Crippen LogP contribution in [0.15, 0.2) is 47.6 Å². The molecule has 0 saturated carbocycles. The normalized spacial score (nSPS) is 18.2. The van der Waals surface area contributed by atoms with Crippen LogP contribution in [0.4, 0.5) is 0 Å². The van der Waals surface area contributed by atoms with Crippen LogP contribution in [0, 0.1) is 0 Å². The molecule has 0 saturated heterocycles. The molecule has 1 unspecified atom stereocenters. The lowest BCUT2D eigenvalue weighted by molar-refractivity contribution is -0.180. The van der Waals surface area contributed by atoms with Crippen molar-refractivity contribution in [2.45, 2.75) is 12.5 Å². The molecule has 2 aliphatic heterocycles. The Hall–Kier alpha value is -2.90. The van der Waals surface area contributed by atoms with Crippen LogP contribution < -0.4 is 0 Å². The predicted octanol–water partition coefficient (Wildman–Crippen LogP) is 3.24. The fourth-order valence-electron chi connectivity index (χ4n) is 2.79. The summed E-state index contributed by atoms with van der Waals surface area (Å²) in [6, 6.07) is 11.0. The molecule has 0 N–H and O–H groups in total. The van der Waals surface area contributed by atoms with Crippen molar-refractivity contribution in [3.05, 3.63) is 69.2 Å². The van der Waals surface area contributed by atoms with Gasteiger partial charge in [-0.3, -0.25) is 9.59 Å². The number of amides is 2. The van der Waals surface area contributed by atoms with Gasteiger partial charge in [0.25, 0.3) is 11.8 Å². The summed E-state index contributed by atoms with van der Waals surface area (Å²) < 4.78 is 0. The molecule has 27 heavy (non-hydrogen) atoms. The SMILES string of the molecule is O=C(ON1C(=O)c2ccccc2C1=O)C1CC(c2ccc(Cl)cc2Cl)=NO1. The van der Waals surface area contributed by atoms with E-state index in [4.69, 9.17) is 32.9 Å². The maximum Gasteiger partial charge on any atom is 0.376 e. The van der Waals surface area contributed by atoms with Gasteiger partial charge in [0.2, 0.25) is 6.10 Å². The second-order valence-electron chi connectivity index (χ2n) is 5.82. The van der Waals surface area contributed by atoms with Gasteiger partial charge in [-0.2, -0.15) is 0 Å². The Morgan fingerprint density at radius 1 is 1.07 bits per heavy atom. The third kappa shape index (κ3) is 3.05. The highest BCUT2D eigenvalue weighted by atomic mass is 35.5. The van der Waals surface area contributed by atoms with E-state index in [2.05, 4.69) is 5.16 Å². The molecule has 4 rings (SSSR count). The van der Waals surface area contributed by atoms with Crippen molar-refractivity contribution in [3.8, 4) is 0 Å². The molecule has 2 aliphatic rings. The monoisotopic (exact) mass is 404 g/mol. The lowest BCUT2D eigenvalue weighted by Crippen LogP contribution is -2.37. The summed E-state index contributed by atoms with van der Waals surface area (Å²) in [4.78, 5) is 46.9. The molecule has 0 spiro atoms. The van der Waals surface area contributed by atoms with E-state index in [9.17, 15) is 14.4 Å². The summed E-state index contributed by atoms with van der Waals surface area (Å²) in [5.41, 5.74) is 1.35. The first-order chi connectivity index (χ1) is 13.0. The molecule has 2 heterocycles. The number of hydrogen-bond acceptors (Lipinski definition) is 6. The van der Waals surface area contributed by atoms with Crippen molar-refractivity contribution in [2.75, 3.05) is 0 Å². The number of carbonyl (C=O) groups is 3.